The Morgan fingerprint density at radius 1 is 1.23 bits per heavy atom. The van der Waals surface area contributed by atoms with Gasteiger partial charge in [0.2, 0.25) is 11.8 Å². The minimum Gasteiger partial charge on any atom is -0.463 e. The summed E-state index contributed by atoms with van der Waals surface area (Å²) >= 11 is 0. The van der Waals surface area contributed by atoms with Gasteiger partial charge in [-0.15, -0.1) is 0 Å². The highest BCUT2D eigenvalue weighted by Crippen LogP contribution is 2.18. The van der Waals surface area contributed by atoms with E-state index in [0.29, 0.717) is 12.2 Å². The van der Waals surface area contributed by atoms with E-state index >= 15 is 0 Å². The van der Waals surface area contributed by atoms with Crippen LogP contribution < -0.4 is 5.32 Å². The fourth-order valence-electron chi connectivity index (χ4n) is 3.86. The molecule has 0 aliphatic carbocycles. The standard InChI is InChI=1S/C23H41N3O5/c1-9-31-23(29)16(4)14-19(15(2)3)26(7)22(28)20(17(5)30-8)24-21(27)18-12-10-11-13-25(18)6/h14-15,17-20H,9-13H2,1-8H3,(H,24,27)/b16-14+/t17-,18+,19-,20?/m1/s1. The van der Waals surface area contributed by atoms with Crippen molar-refractivity contribution in [3.8, 4) is 0 Å². The Hall–Kier alpha value is -1.93. The number of hydrogen-bond donors (Lipinski definition) is 1. The number of methoxy groups -OCH3 is 1. The minimum atomic E-state index is -0.824. The molecule has 1 aliphatic rings. The molecule has 0 aromatic carbocycles. The summed E-state index contributed by atoms with van der Waals surface area (Å²) in [4.78, 5) is 42.1. The highest BCUT2D eigenvalue weighted by atomic mass is 16.5. The van der Waals surface area contributed by atoms with Gasteiger partial charge in [-0.25, -0.2) is 4.79 Å². The Bertz CT molecular complexity index is 649. The van der Waals surface area contributed by atoms with Gasteiger partial charge < -0.3 is 19.7 Å². The van der Waals surface area contributed by atoms with Crippen LogP contribution in [-0.4, -0.2) is 86.2 Å². The van der Waals surface area contributed by atoms with E-state index in [4.69, 9.17) is 9.47 Å². The molecule has 1 unspecified atom stereocenters. The smallest absolute Gasteiger partial charge is 0.333 e. The fraction of sp³-hybridized carbons (Fsp3) is 0.783. The monoisotopic (exact) mass is 439 g/mol. The third-order valence-electron chi connectivity index (χ3n) is 5.97. The van der Waals surface area contributed by atoms with Crippen LogP contribution in [0.15, 0.2) is 11.6 Å². The van der Waals surface area contributed by atoms with Crippen LogP contribution in [-0.2, 0) is 23.9 Å². The molecule has 8 nitrogen and oxygen atoms in total. The van der Waals surface area contributed by atoms with Crippen molar-refractivity contribution in [2.45, 2.75) is 78.1 Å². The van der Waals surface area contributed by atoms with Crippen LogP contribution in [0.4, 0.5) is 0 Å². The molecule has 0 aromatic heterocycles. The van der Waals surface area contributed by atoms with Gasteiger partial charge in [-0.2, -0.15) is 0 Å². The van der Waals surface area contributed by atoms with Crippen LogP contribution >= 0.6 is 0 Å². The number of nitrogens with zero attached hydrogens (tertiary/aromatic N) is 2. The van der Waals surface area contributed by atoms with E-state index in [1.54, 1.807) is 38.8 Å². The van der Waals surface area contributed by atoms with Crippen LogP contribution in [0.3, 0.4) is 0 Å². The molecule has 1 rings (SSSR count). The maximum atomic E-state index is 13.4. The summed E-state index contributed by atoms with van der Waals surface area (Å²) < 4.78 is 10.5. The molecular formula is C23H41N3O5. The molecule has 8 heteroatoms. The van der Waals surface area contributed by atoms with Gasteiger partial charge in [0.25, 0.3) is 0 Å². The van der Waals surface area contributed by atoms with Crippen molar-refractivity contribution in [2.75, 3.05) is 34.4 Å². The molecule has 1 fully saturated rings. The third kappa shape index (κ3) is 7.61. The first-order chi connectivity index (χ1) is 14.5. The molecule has 2 amide bonds. The molecule has 1 N–H and O–H groups in total. The van der Waals surface area contributed by atoms with E-state index in [1.807, 2.05) is 25.8 Å². The van der Waals surface area contributed by atoms with Crippen LogP contribution in [0.1, 0.15) is 53.9 Å². The molecule has 1 heterocycles. The summed E-state index contributed by atoms with van der Waals surface area (Å²) in [6.07, 6.45) is 4.09. The second-order valence-electron chi connectivity index (χ2n) is 8.67. The van der Waals surface area contributed by atoms with Gasteiger partial charge in [-0.3, -0.25) is 14.5 Å². The van der Waals surface area contributed by atoms with E-state index in [2.05, 4.69) is 5.32 Å². The Kier molecular flexibility index (Phi) is 11.2. The Morgan fingerprint density at radius 2 is 1.87 bits per heavy atom. The maximum Gasteiger partial charge on any atom is 0.333 e. The number of esters is 1. The average molecular weight is 440 g/mol. The predicted molar refractivity (Wildman–Crippen MR) is 120 cm³/mol. The molecule has 4 atom stereocenters. The number of hydrogen-bond acceptors (Lipinski definition) is 6. The van der Waals surface area contributed by atoms with Crippen molar-refractivity contribution in [2.24, 2.45) is 5.92 Å². The second kappa shape index (κ2) is 12.8. The lowest BCUT2D eigenvalue weighted by Gasteiger charge is -2.36. The first-order valence-corrected chi connectivity index (χ1v) is 11.2. The molecule has 178 valence electrons. The summed E-state index contributed by atoms with van der Waals surface area (Å²) in [5.74, 6) is -0.758. The van der Waals surface area contributed by atoms with Gasteiger partial charge in [0.1, 0.15) is 6.04 Å². The lowest BCUT2D eigenvalue weighted by atomic mass is 9.98. The SMILES string of the molecule is CCOC(=O)/C(C)=C/[C@H](C(C)C)N(C)C(=O)C(NC(=O)[C@@H]1CCCCN1C)[C@@H](C)OC. The number of carbonyl (C=O) groups excluding carboxylic acids is 3. The number of ether oxygens (including phenoxy) is 2. The number of carbonyl (C=O) groups is 3. The minimum absolute atomic E-state index is 0.0528. The van der Waals surface area contributed by atoms with Crippen molar-refractivity contribution in [1.29, 1.82) is 0 Å². The lowest BCUT2D eigenvalue weighted by molar-refractivity contribution is -0.142. The third-order valence-corrected chi connectivity index (χ3v) is 5.97. The molecule has 1 aliphatic heterocycles. The molecule has 0 spiro atoms. The number of rotatable bonds is 10. The molecule has 31 heavy (non-hydrogen) atoms. The van der Waals surface area contributed by atoms with Crippen molar-refractivity contribution < 1.29 is 23.9 Å². The normalized spacial score (nSPS) is 20.7. The van der Waals surface area contributed by atoms with Crippen molar-refractivity contribution >= 4 is 17.8 Å². The van der Waals surface area contributed by atoms with Crippen molar-refractivity contribution in [1.82, 2.24) is 15.1 Å². The number of likely N-dealkylation sites (tertiary alicyclic amines) is 1. The largest absolute Gasteiger partial charge is 0.463 e. The van der Waals surface area contributed by atoms with Gasteiger partial charge in [0, 0.05) is 19.7 Å². The molecule has 0 saturated carbocycles. The first kappa shape index (κ1) is 27.1. The van der Waals surface area contributed by atoms with E-state index in [0.717, 1.165) is 25.8 Å². The highest BCUT2D eigenvalue weighted by Gasteiger charge is 2.35. The summed E-state index contributed by atoms with van der Waals surface area (Å²) in [7, 11) is 5.15. The van der Waals surface area contributed by atoms with E-state index < -0.39 is 18.1 Å². The van der Waals surface area contributed by atoms with Gasteiger partial charge in [0.15, 0.2) is 0 Å². The van der Waals surface area contributed by atoms with Crippen LogP contribution in [0.5, 0.6) is 0 Å². The molecule has 1 saturated heterocycles. The average Bonchev–Trinajstić information content (AvgIpc) is 2.74. The Morgan fingerprint density at radius 3 is 2.39 bits per heavy atom. The van der Waals surface area contributed by atoms with Gasteiger partial charge >= 0.3 is 5.97 Å². The molecular weight excluding hydrogens is 398 g/mol. The van der Waals surface area contributed by atoms with Gasteiger partial charge in [0.05, 0.1) is 24.8 Å². The second-order valence-corrected chi connectivity index (χ2v) is 8.67. The lowest BCUT2D eigenvalue weighted by Crippen LogP contribution is -2.59. The number of piperidine rings is 1. The topological polar surface area (TPSA) is 88.2 Å². The number of likely N-dealkylation sites (N-methyl/N-ethyl adjacent to an activating group) is 2. The summed E-state index contributed by atoms with van der Waals surface area (Å²) in [5, 5.41) is 2.93. The van der Waals surface area contributed by atoms with E-state index in [-0.39, 0.29) is 29.8 Å². The number of nitrogens with one attached hydrogen (secondary N) is 1. The first-order valence-electron chi connectivity index (χ1n) is 11.2. The van der Waals surface area contributed by atoms with Crippen molar-refractivity contribution in [3.05, 3.63) is 11.6 Å². The number of amides is 2. The van der Waals surface area contributed by atoms with Crippen LogP contribution in [0.25, 0.3) is 0 Å². The molecule has 0 aromatic rings. The summed E-state index contributed by atoms with van der Waals surface area (Å²) in [5.41, 5.74) is 0.449. The Labute approximate surface area is 187 Å². The fourth-order valence-corrected chi connectivity index (χ4v) is 3.86. The zero-order chi connectivity index (χ0) is 23.7. The van der Waals surface area contributed by atoms with Crippen molar-refractivity contribution in [3.63, 3.8) is 0 Å². The maximum absolute atomic E-state index is 13.4. The zero-order valence-corrected chi connectivity index (χ0v) is 20.4. The van der Waals surface area contributed by atoms with Crippen LogP contribution in [0.2, 0.25) is 0 Å². The summed E-state index contributed by atoms with van der Waals surface area (Å²) in [6.45, 7) is 10.3. The zero-order valence-electron chi connectivity index (χ0n) is 20.4. The van der Waals surface area contributed by atoms with Gasteiger partial charge in [-0.05, 0) is 53.1 Å². The Balaban J connectivity index is 3.06. The quantitative estimate of drug-likeness (QED) is 0.414. The van der Waals surface area contributed by atoms with Gasteiger partial charge in [-0.1, -0.05) is 26.3 Å². The summed E-state index contributed by atoms with van der Waals surface area (Å²) in [6, 6.07) is -1.40. The highest BCUT2D eigenvalue weighted by molar-refractivity contribution is 5.91. The predicted octanol–water partition coefficient (Wildman–Crippen LogP) is 1.98. The molecule has 0 bridgehead atoms. The van der Waals surface area contributed by atoms with E-state index in [1.165, 1.54) is 7.11 Å². The van der Waals surface area contributed by atoms with Crippen LogP contribution in [0, 0.1) is 5.92 Å². The van der Waals surface area contributed by atoms with E-state index in [9.17, 15) is 14.4 Å². The molecule has 0 radical (unpaired) electrons.